The molecule has 4 N–H and O–H groups in total. The molecule has 1 aliphatic heterocycles. The fourth-order valence-electron chi connectivity index (χ4n) is 4.59. The highest BCUT2D eigenvalue weighted by atomic mass is 35.5. The van der Waals surface area contributed by atoms with Crippen LogP contribution in [0.4, 0.5) is 22.0 Å². The Balaban J connectivity index is 1.96. The fraction of sp³-hybridized carbons (Fsp3) is 0.125. The highest BCUT2D eigenvalue weighted by Gasteiger charge is 2.48. The lowest BCUT2D eigenvalue weighted by Gasteiger charge is -2.28. The van der Waals surface area contributed by atoms with E-state index in [4.69, 9.17) is 17.3 Å². The van der Waals surface area contributed by atoms with Crippen molar-refractivity contribution in [2.45, 2.75) is 11.9 Å². The summed E-state index contributed by atoms with van der Waals surface area (Å²) in [6.07, 6.45) is -3.57. The molecule has 7 nitrogen and oxygen atoms in total. The van der Waals surface area contributed by atoms with Gasteiger partial charge in [-0.25, -0.2) is 8.78 Å². The van der Waals surface area contributed by atoms with E-state index in [2.05, 4.69) is 10.4 Å². The van der Waals surface area contributed by atoms with Gasteiger partial charge in [-0.3, -0.25) is 14.3 Å². The topological polar surface area (TPSA) is 110 Å². The molecule has 190 valence electrons. The van der Waals surface area contributed by atoms with Crippen LogP contribution in [-0.2, 0) is 18.9 Å². The van der Waals surface area contributed by atoms with Crippen molar-refractivity contribution in [2.75, 3.05) is 0 Å². The first-order chi connectivity index (χ1) is 17.2. The molecule has 5 rings (SSSR count). The van der Waals surface area contributed by atoms with E-state index < -0.39 is 57.6 Å². The Bertz CT molecular complexity index is 1670. The van der Waals surface area contributed by atoms with E-state index in [0.717, 1.165) is 18.2 Å². The van der Waals surface area contributed by atoms with Crippen LogP contribution in [0.5, 0.6) is 0 Å². The van der Waals surface area contributed by atoms with Gasteiger partial charge in [0.1, 0.15) is 17.2 Å². The molecule has 1 aromatic heterocycles. The van der Waals surface area contributed by atoms with Gasteiger partial charge in [-0.2, -0.15) is 18.3 Å². The lowest BCUT2D eigenvalue weighted by atomic mass is 9.84. The summed E-state index contributed by atoms with van der Waals surface area (Å²) in [5.41, 5.74) is -1.59. The number of aromatic nitrogens is 2. The van der Waals surface area contributed by atoms with Gasteiger partial charge in [0.25, 0.3) is 5.91 Å². The van der Waals surface area contributed by atoms with Crippen LogP contribution in [-0.4, -0.2) is 26.7 Å². The van der Waals surface area contributed by atoms with Crippen LogP contribution < -0.4 is 11.1 Å². The molecule has 0 spiro atoms. The zero-order valence-electron chi connectivity index (χ0n) is 18.5. The number of nitrogens with zero attached hydrogens (tertiary/aromatic N) is 2. The van der Waals surface area contributed by atoms with E-state index in [-0.39, 0.29) is 38.7 Å². The van der Waals surface area contributed by atoms with Crippen LogP contribution >= 0.6 is 11.6 Å². The van der Waals surface area contributed by atoms with Crippen LogP contribution in [0.2, 0.25) is 5.02 Å². The number of benzene rings is 3. The monoisotopic (exact) mass is 536 g/mol. The van der Waals surface area contributed by atoms with Crippen LogP contribution in [0.1, 0.15) is 37.4 Å². The van der Waals surface area contributed by atoms with E-state index in [1.807, 2.05) is 0 Å². The number of hydrogen-bond acceptors (Lipinski definition) is 4. The molecular formula is C24H14ClF5N4O3. The van der Waals surface area contributed by atoms with E-state index in [9.17, 15) is 32.3 Å². The molecule has 4 aromatic rings. The molecule has 3 aromatic carbocycles. The number of aliphatic hydroxyl groups is 1. The van der Waals surface area contributed by atoms with E-state index in [0.29, 0.717) is 6.07 Å². The molecule has 0 saturated heterocycles. The third kappa shape index (κ3) is 3.71. The average molecular weight is 537 g/mol. The van der Waals surface area contributed by atoms with E-state index in [1.54, 1.807) is 0 Å². The second-order valence-electron chi connectivity index (χ2n) is 8.45. The molecule has 1 aliphatic rings. The summed E-state index contributed by atoms with van der Waals surface area (Å²) >= 11 is 6.21. The van der Waals surface area contributed by atoms with Crippen LogP contribution in [0, 0.1) is 11.6 Å². The molecule has 0 fully saturated rings. The summed E-state index contributed by atoms with van der Waals surface area (Å²) in [6, 6.07) is 4.72. The number of carbonyl (C=O) groups excluding carboxylic acids is 2. The smallest absolute Gasteiger partial charge is 0.366 e. The number of nitrogens with one attached hydrogen (secondary N) is 1. The van der Waals surface area contributed by atoms with Crippen molar-refractivity contribution in [1.29, 1.82) is 0 Å². The van der Waals surface area contributed by atoms with Crippen molar-refractivity contribution in [1.82, 2.24) is 15.1 Å². The minimum absolute atomic E-state index is 0.0511. The van der Waals surface area contributed by atoms with Crippen molar-refractivity contribution in [2.24, 2.45) is 12.8 Å². The summed E-state index contributed by atoms with van der Waals surface area (Å²) in [5.74, 6) is -4.64. The van der Waals surface area contributed by atoms with Gasteiger partial charge >= 0.3 is 6.18 Å². The predicted octanol–water partition coefficient (Wildman–Crippen LogP) is 4.23. The van der Waals surface area contributed by atoms with Gasteiger partial charge in [-0.05, 0) is 42.0 Å². The van der Waals surface area contributed by atoms with Crippen LogP contribution in [0.3, 0.4) is 0 Å². The van der Waals surface area contributed by atoms with Gasteiger partial charge in [0.2, 0.25) is 5.91 Å². The van der Waals surface area contributed by atoms with Crippen LogP contribution in [0.25, 0.3) is 22.0 Å². The number of rotatable bonds is 3. The fourth-order valence-corrected chi connectivity index (χ4v) is 4.84. The lowest BCUT2D eigenvalue weighted by molar-refractivity contribution is -0.137. The number of nitrogens with two attached hydrogens (primary N) is 1. The zero-order valence-corrected chi connectivity index (χ0v) is 19.3. The van der Waals surface area contributed by atoms with Crippen LogP contribution in [0.15, 0.2) is 42.6 Å². The number of aryl methyl sites for hydroxylation is 1. The van der Waals surface area contributed by atoms with Gasteiger partial charge in [0, 0.05) is 40.3 Å². The standard InChI is InChI=1S/C24H14ClF5N4O3/c1-34-8-9-4-12(17-13(21(31)35)5-10(6-16(17)27)24(28,29)30)19-18(20(9)33-34)22(36)32-23(19,37)14-7-11(26)2-3-15(14)25/h2-8,37H,1H3,(H2,31,35)(H,32,36). The van der Waals surface area contributed by atoms with Gasteiger partial charge in [-0.1, -0.05) is 11.6 Å². The number of amides is 2. The summed E-state index contributed by atoms with van der Waals surface area (Å²) in [6.45, 7) is 0. The predicted molar refractivity (Wildman–Crippen MR) is 122 cm³/mol. The largest absolute Gasteiger partial charge is 0.416 e. The molecule has 0 aliphatic carbocycles. The molecule has 2 amide bonds. The molecule has 0 bridgehead atoms. The van der Waals surface area contributed by atoms with Crippen molar-refractivity contribution in [3.8, 4) is 11.1 Å². The lowest BCUT2D eigenvalue weighted by Crippen LogP contribution is -2.41. The van der Waals surface area contributed by atoms with Crippen molar-refractivity contribution in [3.05, 3.63) is 87.1 Å². The zero-order chi connectivity index (χ0) is 27.0. The number of primary amides is 1. The maximum Gasteiger partial charge on any atom is 0.416 e. The quantitative estimate of drug-likeness (QED) is 0.340. The summed E-state index contributed by atoms with van der Waals surface area (Å²) < 4.78 is 71.1. The van der Waals surface area contributed by atoms with E-state index >= 15 is 4.39 Å². The molecular weight excluding hydrogens is 523 g/mol. The Kier molecular flexibility index (Phi) is 5.32. The molecule has 13 heteroatoms. The van der Waals surface area contributed by atoms with Crippen molar-refractivity contribution < 1.29 is 36.6 Å². The van der Waals surface area contributed by atoms with Gasteiger partial charge in [-0.15, -0.1) is 0 Å². The first-order valence-corrected chi connectivity index (χ1v) is 10.8. The number of fused-ring (bicyclic) bond motifs is 3. The third-order valence-electron chi connectivity index (χ3n) is 6.07. The van der Waals surface area contributed by atoms with Gasteiger partial charge in [0.15, 0.2) is 5.72 Å². The summed E-state index contributed by atoms with van der Waals surface area (Å²) in [4.78, 5) is 25.4. The second kappa shape index (κ2) is 7.98. The van der Waals surface area contributed by atoms with Crippen molar-refractivity contribution in [3.63, 3.8) is 0 Å². The first-order valence-electron chi connectivity index (χ1n) is 10.4. The Labute approximate surface area is 209 Å². The minimum Gasteiger partial charge on any atom is -0.366 e. The summed E-state index contributed by atoms with van der Waals surface area (Å²) in [5, 5.41) is 18.3. The minimum atomic E-state index is -5.01. The Morgan fingerprint density at radius 3 is 2.51 bits per heavy atom. The molecule has 2 heterocycles. The molecule has 0 saturated carbocycles. The average Bonchev–Trinajstić information content (AvgIpc) is 3.30. The Morgan fingerprint density at radius 1 is 1.16 bits per heavy atom. The Hall–Kier alpha value is -4.03. The number of hydrogen-bond donors (Lipinski definition) is 3. The molecule has 1 unspecified atom stereocenters. The molecule has 0 radical (unpaired) electrons. The van der Waals surface area contributed by atoms with Crippen molar-refractivity contribution >= 4 is 34.3 Å². The maximum atomic E-state index is 15.5. The van der Waals surface area contributed by atoms with E-state index in [1.165, 1.54) is 24.0 Å². The normalized spacial score (nSPS) is 17.2. The Morgan fingerprint density at radius 2 is 1.86 bits per heavy atom. The van der Waals surface area contributed by atoms with Gasteiger partial charge < -0.3 is 16.2 Å². The summed E-state index contributed by atoms with van der Waals surface area (Å²) in [7, 11) is 1.52. The molecule has 37 heavy (non-hydrogen) atoms. The first kappa shape index (κ1) is 24.7. The highest BCUT2D eigenvalue weighted by molar-refractivity contribution is 6.31. The maximum absolute atomic E-state index is 15.5. The molecule has 1 atom stereocenters. The highest BCUT2D eigenvalue weighted by Crippen LogP contribution is 2.47. The number of carbonyl (C=O) groups is 2. The van der Waals surface area contributed by atoms with Gasteiger partial charge in [0.05, 0.1) is 16.7 Å². The third-order valence-corrected chi connectivity index (χ3v) is 6.40. The number of alkyl halides is 3. The number of halogens is 6. The second-order valence-corrected chi connectivity index (χ2v) is 8.85. The SMILES string of the molecule is Cn1cc2cc(-c3c(F)cc(C(F)(F)F)cc3C(N)=O)c3c(c2n1)C(=O)NC3(O)c1cc(F)ccc1Cl.